The number of nitrogens with one attached hydrogen (secondary N) is 1. The van der Waals surface area contributed by atoms with Gasteiger partial charge in [0.25, 0.3) is 5.69 Å². The van der Waals surface area contributed by atoms with Crippen molar-refractivity contribution in [3.8, 4) is 11.5 Å². The Morgan fingerprint density at radius 1 is 0.972 bits per heavy atom. The Morgan fingerprint density at radius 3 is 2.22 bits per heavy atom. The summed E-state index contributed by atoms with van der Waals surface area (Å²) in [6, 6.07) is 12.1. The number of rotatable bonds is 14. The summed E-state index contributed by atoms with van der Waals surface area (Å²) >= 11 is 0. The molecule has 0 aromatic heterocycles. The number of nitro groups is 1. The molecule has 0 aliphatic rings. The van der Waals surface area contributed by atoms with Crippen LogP contribution in [0, 0.1) is 10.1 Å². The zero-order valence-electron chi connectivity index (χ0n) is 22.4. The van der Waals surface area contributed by atoms with Gasteiger partial charge in [-0.15, -0.1) is 0 Å². The Balaban J connectivity index is 1.89. The molecule has 0 aliphatic carbocycles. The first kappa shape index (κ1) is 28.9. The summed E-state index contributed by atoms with van der Waals surface area (Å²) in [6.07, 6.45) is 7.43. The number of nitro benzene ring substituents is 1. The second-order valence-corrected chi connectivity index (χ2v) is 10.1. The lowest BCUT2D eigenvalue weighted by Crippen LogP contribution is -2.28. The van der Waals surface area contributed by atoms with E-state index < -0.39 is 4.92 Å². The van der Waals surface area contributed by atoms with Gasteiger partial charge < -0.3 is 14.8 Å². The van der Waals surface area contributed by atoms with Crippen LogP contribution in [0.1, 0.15) is 78.4 Å². The van der Waals surface area contributed by atoms with Crippen molar-refractivity contribution in [3.05, 3.63) is 69.8 Å². The molecule has 0 saturated carbocycles. The van der Waals surface area contributed by atoms with E-state index in [0.717, 1.165) is 54.7 Å². The van der Waals surface area contributed by atoms with Gasteiger partial charge in [-0.3, -0.25) is 14.9 Å². The maximum atomic E-state index is 12.1. The summed E-state index contributed by atoms with van der Waals surface area (Å²) in [5, 5.41) is 13.6. The van der Waals surface area contributed by atoms with Crippen LogP contribution in [0.25, 0.3) is 6.08 Å². The van der Waals surface area contributed by atoms with Gasteiger partial charge in [0.05, 0.1) is 4.92 Å². The molecular formula is C29H40N2O5. The molecule has 0 fully saturated rings. The number of benzene rings is 2. The first-order valence-electron chi connectivity index (χ1n) is 12.7. The highest BCUT2D eigenvalue weighted by atomic mass is 16.6. The molecule has 2 aromatic carbocycles. The molecule has 1 N–H and O–H groups in total. The maximum absolute atomic E-state index is 12.1. The summed E-state index contributed by atoms with van der Waals surface area (Å²) < 4.78 is 12.5. The van der Waals surface area contributed by atoms with Crippen molar-refractivity contribution in [3.63, 3.8) is 0 Å². The fraction of sp³-hybridized carbons (Fsp3) is 0.483. The van der Waals surface area contributed by atoms with E-state index >= 15 is 0 Å². The van der Waals surface area contributed by atoms with Crippen molar-refractivity contribution in [1.82, 2.24) is 5.32 Å². The van der Waals surface area contributed by atoms with Crippen LogP contribution < -0.4 is 14.8 Å². The number of non-ortho nitro benzene ring substituents is 1. The van der Waals surface area contributed by atoms with E-state index in [0.29, 0.717) is 6.54 Å². The van der Waals surface area contributed by atoms with E-state index in [1.165, 1.54) is 18.2 Å². The second kappa shape index (κ2) is 13.1. The van der Waals surface area contributed by atoms with Gasteiger partial charge in [0.15, 0.2) is 0 Å². The van der Waals surface area contributed by atoms with Crippen molar-refractivity contribution in [1.29, 1.82) is 0 Å². The molecule has 196 valence electrons. The topological polar surface area (TPSA) is 90.7 Å². The average molecular weight is 497 g/mol. The predicted molar refractivity (Wildman–Crippen MR) is 145 cm³/mol. The number of carbonyl (C=O) groups is 1. The Morgan fingerprint density at radius 2 is 1.61 bits per heavy atom. The lowest BCUT2D eigenvalue weighted by molar-refractivity contribution is -0.384. The van der Waals surface area contributed by atoms with E-state index in [4.69, 9.17) is 9.47 Å². The molecule has 7 nitrogen and oxygen atoms in total. The van der Waals surface area contributed by atoms with Gasteiger partial charge in [0, 0.05) is 30.8 Å². The molecule has 36 heavy (non-hydrogen) atoms. The van der Waals surface area contributed by atoms with Crippen molar-refractivity contribution in [2.24, 2.45) is 0 Å². The van der Waals surface area contributed by atoms with Gasteiger partial charge in [-0.25, -0.2) is 0 Å². The highest BCUT2D eigenvalue weighted by Crippen LogP contribution is 2.32. The molecule has 2 aromatic rings. The van der Waals surface area contributed by atoms with Crippen molar-refractivity contribution in [2.75, 3.05) is 6.54 Å². The SMILES string of the molecule is CCC(C)(C)Oc1ccc(CCCCNC(=O)C=Cc2ccc([N+](=O)[O-])cc2)c(OC(C)(C)CC)c1. The summed E-state index contributed by atoms with van der Waals surface area (Å²) in [5.41, 5.74) is 1.35. The normalized spacial score (nSPS) is 11.9. The summed E-state index contributed by atoms with van der Waals surface area (Å²) in [5.74, 6) is 1.46. The van der Waals surface area contributed by atoms with Crippen LogP contribution in [0.5, 0.6) is 11.5 Å². The minimum absolute atomic E-state index is 0.0235. The zero-order chi connectivity index (χ0) is 26.8. The van der Waals surface area contributed by atoms with Crippen LogP contribution in [-0.4, -0.2) is 28.6 Å². The fourth-order valence-corrected chi connectivity index (χ4v) is 3.25. The highest BCUT2D eigenvalue weighted by molar-refractivity contribution is 5.91. The number of carbonyl (C=O) groups excluding carboxylic acids is 1. The Hall–Kier alpha value is -3.35. The van der Waals surface area contributed by atoms with Crippen molar-refractivity contribution >= 4 is 17.7 Å². The van der Waals surface area contributed by atoms with Crippen molar-refractivity contribution < 1.29 is 19.2 Å². The molecule has 1 amide bonds. The van der Waals surface area contributed by atoms with Gasteiger partial charge in [0.2, 0.25) is 5.91 Å². The number of aryl methyl sites for hydroxylation is 1. The molecule has 0 radical (unpaired) electrons. The van der Waals surface area contributed by atoms with E-state index in [9.17, 15) is 14.9 Å². The number of unbranched alkanes of at least 4 members (excludes halogenated alkanes) is 1. The lowest BCUT2D eigenvalue weighted by atomic mass is 10.0. The van der Waals surface area contributed by atoms with E-state index in [2.05, 4.69) is 52.9 Å². The standard InChI is InChI=1S/C29H40N2O5/c1-7-28(3,4)35-25-18-15-23(26(21-25)36-29(5,6)8-2)11-9-10-20-30-27(32)19-14-22-12-16-24(17-13-22)31(33)34/h12-19,21H,7-11,20H2,1-6H3,(H,30,32). The second-order valence-electron chi connectivity index (χ2n) is 10.1. The summed E-state index contributed by atoms with van der Waals surface area (Å²) in [7, 11) is 0. The third kappa shape index (κ3) is 9.72. The lowest BCUT2D eigenvalue weighted by Gasteiger charge is -2.29. The van der Waals surface area contributed by atoms with Crippen LogP contribution >= 0.6 is 0 Å². The van der Waals surface area contributed by atoms with Crippen LogP contribution in [-0.2, 0) is 11.2 Å². The largest absolute Gasteiger partial charge is 0.488 e. The van der Waals surface area contributed by atoms with Gasteiger partial charge >= 0.3 is 0 Å². The number of hydrogen-bond acceptors (Lipinski definition) is 5. The van der Waals surface area contributed by atoms with E-state index in [1.54, 1.807) is 18.2 Å². The molecule has 7 heteroatoms. The molecule has 2 rings (SSSR count). The third-order valence-electron chi connectivity index (χ3n) is 6.23. The van der Waals surface area contributed by atoms with Gasteiger partial charge in [-0.1, -0.05) is 19.9 Å². The van der Waals surface area contributed by atoms with Gasteiger partial charge in [-0.2, -0.15) is 0 Å². The fourth-order valence-electron chi connectivity index (χ4n) is 3.25. The number of amides is 1. The zero-order valence-corrected chi connectivity index (χ0v) is 22.4. The van der Waals surface area contributed by atoms with Gasteiger partial charge in [-0.05, 0) is 95.2 Å². The third-order valence-corrected chi connectivity index (χ3v) is 6.23. The quantitative estimate of drug-likeness (QED) is 0.133. The number of hydrogen-bond donors (Lipinski definition) is 1. The van der Waals surface area contributed by atoms with E-state index in [1.807, 2.05) is 12.1 Å². The molecule has 0 saturated heterocycles. The number of ether oxygens (including phenoxy) is 2. The van der Waals surface area contributed by atoms with Crippen LogP contribution in [0.4, 0.5) is 5.69 Å². The molecule has 0 heterocycles. The summed E-state index contributed by atoms with van der Waals surface area (Å²) in [6.45, 7) is 13.1. The molecule has 0 unspecified atom stereocenters. The molecule has 0 bridgehead atoms. The summed E-state index contributed by atoms with van der Waals surface area (Å²) in [4.78, 5) is 22.4. The van der Waals surface area contributed by atoms with Gasteiger partial charge in [0.1, 0.15) is 22.7 Å². The van der Waals surface area contributed by atoms with Crippen molar-refractivity contribution in [2.45, 2.75) is 84.8 Å². The molecular weight excluding hydrogens is 456 g/mol. The number of nitrogens with zero attached hydrogens (tertiary/aromatic N) is 1. The first-order chi connectivity index (χ1) is 16.9. The highest BCUT2D eigenvalue weighted by Gasteiger charge is 2.21. The Bertz CT molecular complexity index is 1040. The Labute approximate surface area is 215 Å². The molecule has 0 atom stereocenters. The van der Waals surface area contributed by atoms with E-state index in [-0.39, 0.29) is 22.8 Å². The van der Waals surface area contributed by atoms with Crippen LogP contribution in [0.15, 0.2) is 48.5 Å². The average Bonchev–Trinajstić information content (AvgIpc) is 2.83. The predicted octanol–water partition coefficient (Wildman–Crippen LogP) is 6.88. The molecule has 0 aliphatic heterocycles. The molecule has 0 spiro atoms. The smallest absolute Gasteiger partial charge is 0.269 e. The minimum Gasteiger partial charge on any atom is -0.488 e. The monoisotopic (exact) mass is 496 g/mol. The minimum atomic E-state index is -0.449. The van der Waals surface area contributed by atoms with Crippen LogP contribution in [0.2, 0.25) is 0 Å². The van der Waals surface area contributed by atoms with Crippen LogP contribution in [0.3, 0.4) is 0 Å². The maximum Gasteiger partial charge on any atom is 0.269 e. The first-order valence-corrected chi connectivity index (χ1v) is 12.7. The Kier molecular flexibility index (Phi) is 10.5.